The van der Waals surface area contributed by atoms with Crippen LogP contribution in [0.1, 0.15) is 19.3 Å². The van der Waals surface area contributed by atoms with E-state index < -0.39 is 5.82 Å². The summed E-state index contributed by atoms with van der Waals surface area (Å²) in [5.74, 6) is -0.308. The second-order valence-electron chi connectivity index (χ2n) is 10.7. The van der Waals surface area contributed by atoms with Crippen LogP contribution in [0.15, 0.2) is 48.4 Å². The van der Waals surface area contributed by atoms with E-state index in [1.165, 1.54) is 17.4 Å². The van der Waals surface area contributed by atoms with E-state index in [1.807, 2.05) is 34.5 Å². The second-order valence-corrected chi connectivity index (χ2v) is 12.0. The molecule has 8 nitrogen and oxygen atoms in total. The van der Waals surface area contributed by atoms with Crippen molar-refractivity contribution in [2.45, 2.75) is 31.3 Å². The maximum absolute atomic E-state index is 16.6. The molecule has 2 atom stereocenters. The van der Waals surface area contributed by atoms with Crippen molar-refractivity contribution in [2.24, 2.45) is 0 Å². The molecule has 4 heterocycles. The van der Waals surface area contributed by atoms with Gasteiger partial charge >= 0.3 is 6.01 Å². The summed E-state index contributed by atoms with van der Waals surface area (Å²) in [4.78, 5) is 27.7. The van der Waals surface area contributed by atoms with E-state index in [-0.39, 0.29) is 46.5 Å². The first kappa shape index (κ1) is 28.3. The first-order valence-electron chi connectivity index (χ1n) is 13.9. The van der Waals surface area contributed by atoms with E-state index >= 15 is 4.39 Å². The predicted molar refractivity (Wildman–Crippen MR) is 165 cm³/mol. The normalized spacial score (nSPS) is 19.4. The molecule has 0 N–H and O–H groups in total. The van der Waals surface area contributed by atoms with Crippen LogP contribution >= 0.6 is 22.9 Å². The topological polar surface area (TPSA) is 85.6 Å². The summed E-state index contributed by atoms with van der Waals surface area (Å²) < 4.78 is 23.7. The van der Waals surface area contributed by atoms with Gasteiger partial charge in [0.05, 0.1) is 23.6 Å². The van der Waals surface area contributed by atoms with Gasteiger partial charge in [-0.1, -0.05) is 36.4 Å². The quantitative estimate of drug-likeness (QED) is 0.243. The number of ether oxygens (including phenoxy) is 1. The number of nitriles is 1. The number of halogens is 2. The van der Waals surface area contributed by atoms with Crippen molar-refractivity contribution in [1.29, 1.82) is 5.26 Å². The molecule has 2 saturated heterocycles. The molecule has 2 aromatic carbocycles. The lowest BCUT2D eigenvalue weighted by molar-refractivity contribution is -0.128. The van der Waals surface area contributed by atoms with Crippen molar-refractivity contribution in [3.63, 3.8) is 0 Å². The molecular formula is C31H30ClFN6O2S. The van der Waals surface area contributed by atoms with Crippen molar-refractivity contribution < 1.29 is 13.9 Å². The number of piperazine rings is 1. The molecule has 0 aliphatic carbocycles. The monoisotopic (exact) mass is 604 g/mol. The Morgan fingerprint density at radius 3 is 2.90 bits per heavy atom. The fourth-order valence-corrected chi connectivity index (χ4v) is 7.21. The zero-order valence-corrected chi connectivity index (χ0v) is 24.8. The summed E-state index contributed by atoms with van der Waals surface area (Å²) in [5, 5.41) is 13.2. The lowest BCUT2D eigenvalue weighted by Gasteiger charge is -2.41. The number of hydrogen-bond acceptors (Lipinski definition) is 8. The zero-order valence-electron chi connectivity index (χ0n) is 23.2. The molecule has 0 radical (unpaired) electrons. The van der Waals surface area contributed by atoms with E-state index in [2.05, 4.69) is 29.6 Å². The van der Waals surface area contributed by atoms with Gasteiger partial charge in [-0.2, -0.15) is 15.2 Å². The average Bonchev–Trinajstić information content (AvgIpc) is 3.65. The molecule has 0 spiro atoms. The lowest BCUT2D eigenvalue weighted by Crippen LogP contribution is -2.55. The van der Waals surface area contributed by atoms with E-state index in [0.717, 1.165) is 29.5 Å². The number of likely N-dealkylation sites (N-methyl/N-ethyl adjacent to an activating group) is 1. The highest BCUT2D eigenvalue weighted by atomic mass is 35.5. The Morgan fingerprint density at radius 2 is 2.14 bits per heavy atom. The van der Waals surface area contributed by atoms with Crippen LogP contribution in [0.3, 0.4) is 0 Å². The van der Waals surface area contributed by atoms with Crippen LogP contribution in [-0.4, -0.2) is 77.6 Å². The molecule has 2 aliphatic heterocycles. The highest BCUT2D eigenvalue weighted by Gasteiger charge is 2.32. The zero-order chi connectivity index (χ0) is 29.4. The van der Waals surface area contributed by atoms with Crippen LogP contribution in [-0.2, 0) is 4.79 Å². The third kappa shape index (κ3) is 5.17. The number of likely N-dealkylation sites (tertiary alicyclic amines) is 1. The number of fused-ring (bicyclic) bond motifs is 2. The number of nitrogens with zero attached hydrogens (tertiary/aromatic N) is 6. The number of hydrogen-bond donors (Lipinski definition) is 0. The largest absolute Gasteiger partial charge is 0.462 e. The summed E-state index contributed by atoms with van der Waals surface area (Å²) >= 11 is 8.36. The molecule has 6 rings (SSSR count). The van der Waals surface area contributed by atoms with Crippen molar-refractivity contribution in [3.8, 4) is 23.2 Å². The minimum Gasteiger partial charge on any atom is -0.462 e. The fourth-order valence-electron chi connectivity index (χ4n) is 6.00. The van der Waals surface area contributed by atoms with E-state index in [1.54, 1.807) is 11.0 Å². The van der Waals surface area contributed by atoms with Gasteiger partial charge in [0.1, 0.15) is 17.9 Å². The number of carbonyl (C=O) groups excluding carboxylic acids is 1. The number of thiophene rings is 1. The van der Waals surface area contributed by atoms with Crippen LogP contribution in [0.4, 0.5) is 10.2 Å². The summed E-state index contributed by atoms with van der Waals surface area (Å²) in [6.07, 6.45) is 3.50. The van der Waals surface area contributed by atoms with Gasteiger partial charge in [0.15, 0.2) is 5.82 Å². The summed E-state index contributed by atoms with van der Waals surface area (Å²) in [6.45, 7) is 6.10. The number of anilines is 1. The Morgan fingerprint density at radius 1 is 1.29 bits per heavy atom. The number of aromatic nitrogens is 2. The molecular weight excluding hydrogens is 575 g/mol. The number of amides is 1. The molecule has 0 saturated carbocycles. The average molecular weight is 605 g/mol. The molecule has 2 fully saturated rings. The van der Waals surface area contributed by atoms with Gasteiger partial charge in [-0.3, -0.25) is 4.79 Å². The van der Waals surface area contributed by atoms with Gasteiger partial charge < -0.3 is 19.4 Å². The smallest absolute Gasteiger partial charge is 0.319 e. The summed E-state index contributed by atoms with van der Waals surface area (Å²) in [6, 6.07) is 11.6. The van der Waals surface area contributed by atoms with Crippen LogP contribution in [0, 0.1) is 17.1 Å². The molecule has 1 unspecified atom stereocenters. The third-order valence-electron chi connectivity index (χ3n) is 8.23. The molecule has 216 valence electrons. The van der Waals surface area contributed by atoms with E-state index in [4.69, 9.17) is 21.3 Å². The maximum Gasteiger partial charge on any atom is 0.319 e. The maximum atomic E-state index is 16.6. The van der Waals surface area contributed by atoms with Gasteiger partial charge in [-0.25, -0.2) is 4.39 Å². The highest BCUT2D eigenvalue weighted by molar-refractivity contribution is 7.17. The van der Waals surface area contributed by atoms with Crippen LogP contribution in [0.5, 0.6) is 6.01 Å². The predicted octanol–water partition coefficient (Wildman–Crippen LogP) is 5.89. The van der Waals surface area contributed by atoms with Crippen molar-refractivity contribution in [3.05, 3.63) is 59.2 Å². The summed E-state index contributed by atoms with van der Waals surface area (Å²) in [7, 11) is 2.06. The molecule has 0 bridgehead atoms. The van der Waals surface area contributed by atoms with Gasteiger partial charge in [-0.05, 0) is 55.4 Å². The third-order valence-corrected chi connectivity index (χ3v) is 9.50. The van der Waals surface area contributed by atoms with E-state index in [9.17, 15) is 10.1 Å². The Kier molecular flexibility index (Phi) is 7.99. The number of carbonyl (C=O) groups is 1. The molecule has 42 heavy (non-hydrogen) atoms. The van der Waals surface area contributed by atoms with Gasteiger partial charge in [0.25, 0.3) is 0 Å². The van der Waals surface area contributed by atoms with Crippen molar-refractivity contribution >= 4 is 55.7 Å². The van der Waals surface area contributed by atoms with Crippen molar-refractivity contribution in [1.82, 2.24) is 19.8 Å². The Bertz CT molecular complexity index is 1720. The SMILES string of the molecule is C=CC(=O)N1CCN(c2nc(OCC3CCCN3C)nc3c(F)c(-c4cccc5ccsc45)c(Cl)cc23)C[C@@H]1CC#N. The molecule has 4 aromatic rings. The molecule has 2 aromatic heterocycles. The second kappa shape index (κ2) is 11.8. The van der Waals surface area contributed by atoms with Crippen LogP contribution in [0.2, 0.25) is 5.02 Å². The standard InChI is InChI=1S/C31H30ClFN6O2S/c1-3-25(40)39-14-13-38(17-20(39)9-11-34)30-23-16-24(32)26(22-8-4-6-19-10-15-42-29(19)22)27(33)28(23)35-31(36-30)41-18-21-7-5-12-37(21)2/h3-4,6,8,10,15-16,20-21H,1,5,7,9,12-14,17-18H2,2H3/t20-,21?/m0/s1. The first-order chi connectivity index (χ1) is 20.4. The van der Waals surface area contributed by atoms with Crippen LogP contribution in [0.25, 0.3) is 32.1 Å². The van der Waals surface area contributed by atoms with Gasteiger partial charge in [0, 0.05) is 46.9 Å². The first-order valence-corrected chi connectivity index (χ1v) is 15.2. The Hall–Kier alpha value is -3.78. The molecule has 11 heteroatoms. The fraction of sp³-hybridized carbons (Fsp3) is 0.355. The number of rotatable bonds is 7. The summed E-state index contributed by atoms with van der Waals surface area (Å²) in [5.41, 5.74) is 1.10. The van der Waals surface area contributed by atoms with Crippen molar-refractivity contribution in [2.75, 3.05) is 44.7 Å². The molecule has 1 amide bonds. The minimum absolute atomic E-state index is 0.0840. The van der Waals surface area contributed by atoms with Crippen LogP contribution < -0.4 is 9.64 Å². The minimum atomic E-state index is -0.543. The molecule has 2 aliphatic rings. The van der Waals surface area contributed by atoms with Gasteiger partial charge in [-0.15, -0.1) is 11.3 Å². The lowest BCUT2D eigenvalue weighted by atomic mass is 10.0. The highest BCUT2D eigenvalue weighted by Crippen LogP contribution is 2.42. The van der Waals surface area contributed by atoms with E-state index in [0.29, 0.717) is 43.0 Å². The van der Waals surface area contributed by atoms with Gasteiger partial charge in [0.2, 0.25) is 5.91 Å². The number of benzene rings is 2. The Labute approximate surface area is 252 Å². The Balaban J connectivity index is 1.47.